The maximum Gasteiger partial charge on any atom is 0.306 e. The minimum Gasteiger partial charge on any atom is -0.490 e. The second kappa shape index (κ2) is 7.36. The first-order chi connectivity index (χ1) is 11.5. The van der Waals surface area contributed by atoms with Crippen LogP contribution in [0.4, 0.5) is 0 Å². The quantitative estimate of drug-likeness (QED) is 0.770. The fraction of sp³-hybridized carbons (Fsp3) is 0.789. The van der Waals surface area contributed by atoms with Crippen molar-refractivity contribution < 1.29 is 19.1 Å². The van der Waals surface area contributed by atoms with E-state index in [1.54, 1.807) is 6.08 Å². The first-order valence-electron chi connectivity index (χ1n) is 9.12. The predicted molar refractivity (Wildman–Crippen MR) is 95.9 cm³/mol. The van der Waals surface area contributed by atoms with Gasteiger partial charge in [0, 0.05) is 25.1 Å². The zero-order chi connectivity index (χ0) is 18.8. The van der Waals surface area contributed by atoms with Gasteiger partial charge in [0.1, 0.15) is 17.0 Å². The minimum atomic E-state index is -0.502. The number of hydrogen-bond acceptors (Lipinski definition) is 5. The van der Waals surface area contributed by atoms with Gasteiger partial charge >= 0.3 is 5.97 Å². The van der Waals surface area contributed by atoms with Crippen LogP contribution >= 0.6 is 0 Å². The zero-order valence-electron chi connectivity index (χ0n) is 16.3. The molecule has 6 heteroatoms. The molecule has 0 saturated carbocycles. The van der Waals surface area contributed by atoms with Crippen LogP contribution in [0.5, 0.6) is 0 Å². The molecule has 0 bridgehead atoms. The summed E-state index contributed by atoms with van der Waals surface area (Å²) in [5, 5.41) is 3.30. The molecule has 0 unspecified atom stereocenters. The van der Waals surface area contributed by atoms with Crippen molar-refractivity contribution in [2.45, 2.75) is 84.1 Å². The summed E-state index contributed by atoms with van der Waals surface area (Å²) in [7, 11) is 0. The Morgan fingerprint density at radius 1 is 1.24 bits per heavy atom. The van der Waals surface area contributed by atoms with Gasteiger partial charge in [0.15, 0.2) is 0 Å². The van der Waals surface area contributed by atoms with E-state index in [0.717, 1.165) is 19.5 Å². The third-order valence-corrected chi connectivity index (χ3v) is 4.08. The molecule has 25 heavy (non-hydrogen) atoms. The molecule has 0 aromatic heterocycles. The molecular formula is C19H32N2O4. The Morgan fingerprint density at radius 2 is 1.92 bits per heavy atom. The first kappa shape index (κ1) is 19.8. The van der Waals surface area contributed by atoms with Crippen molar-refractivity contribution in [2.75, 3.05) is 13.1 Å². The van der Waals surface area contributed by atoms with E-state index in [1.807, 2.05) is 46.4 Å². The maximum absolute atomic E-state index is 12.6. The lowest BCUT2D eigenvalue weighted by Crippen LogP contribution is -2.45. The van der Waals surface area contributed by atoms with Crippen molar-refractivity contribution in [3.05, 3.63) is 11.8 Å². The smallest absolute Gasteiger partial charge is 0.306 e. The highest BCUT2D eigenvalue weighted by Gasteiger charge is 2.41. The number of nitrogens with zero attached hydrogens (tertiary/aromatic N) is 1. The van der Waals surface area contributed by atoms with E-state index >= 15 is 0 Å². The van der Waals surface area contributed by atoms with Gasteiger partial charge in [0.05, 0.1) is 6.04 Å². The lowest BCUT2D eigenvalue weighted by atomic mass is 10.1. The molecule has 0 aromatic rings. The van der Waals surface area contributed by atoms with E-state index in [4.69, 9.17) is 9.47 Å². The van der Waals surface area contributed by atoms with Gasteiger partial charge < -0.3 is 19.7 Å². The van der Waals surface area contributed by atoms with E-state index in [2.05, 4.69) is 5.32 Å². The second-order valence-electron chi connectivity index (χ2n) is 8.79. The molecule has 6 nitrogen and oxygen atoms in total. The standard InChI is InChI=1S/C19H32N2O4/c1-18(2,3)24-15-11-16(22)21(13-9-10-20-12-13)14(15)7-8-17(23)25-19(4,5)6/h11,13-14,20H,7-10,12H2,1-6H3/t13-,14-/m0/s1. The van der Waals surface area contributed by atoms with Gasteiger partial charge in [0.2, 0.25) is 0 Å². The van der Waals surface area contributed by atoms with Crippen molar-refractivity contribution in [3.8, 4) is 0 Å². The first-order valence-corrected chi connectivity index (χ1v) is 9.12. The molecule has 0 spiro atoms. The lowest BCUT2D eigenvalue weighted by molar-refractivity contribution is -0.155. The number of ether oxygens (including phenoxy) is 2. The molecule has 142 valence electrons. The molecule has 2 heterocycles. The molecule has 1 fully saturated rings. The summed E-state index contributed by atoms with van der Waals surface area (Å²) in [6, 6.07) is -0.0578. The number of carbonyl (C=O) groups is 2. The van der Waals surface area contributed by atoms with Gasteiger partial charge in [-0.2, -0.15) is 0 Å². The van der Waals surface area contributed by atoms with Crippen LogP contribution in [-0.2, 0) is 19.1 Å². The zero-order valence-corrected chi connectivity index (χ0v) is 16.3. The Labute approximate surface area is 150 Å². The number of carbonyl (C=O) groups excluding carboxylic acids is 2. The van der Waals surface area contributed by atoms with E-state index < -0.39 is 5.60 Å². The van der Waals surface area contributed by atoms with Crippen LogP contribution in [0, 0.1) is 0 Å². The highest BCUT2D eigenvalue weighted by atomic mass is 16.6. The molecule has 2 aliphatic heterocycles. The Morgan fingerprint density at radius 3 is 2.44 bits per heavy atom. The molecule has 0 radical (unpaired) electrons. The van der Waals surface area contributed by atoms with E-state index in [-0.39, 0.29) is 36.0 Å². The Kier molecular flexibility index (Phi) is 5.82. The van der Waals surface area contributed by atoms with Crippen molar-refractivity contribution in [3.63, 3.8) is 0 Å². The van der Waals surface area contributed by atoms with Gasteiger partial charge in [0.25, 0.3) is 5.91 Å². The molecule has 2 aliphatic rings. The van der Waals surface area contributed by atoms with Gasteiger partial charge in [-0.25, -0.2) is 0 Å². The molecule has 1 amide bonds. The monoisotopic (exact) mass is 352 g/mol. The third-order valence-electron chi connectivity index (χ3n) is 4.08. The van der Waals surface area contributed by atoms with E-state index in [0.29, 0.717) is 12.2 Å². The Balaban J connectivity index is 2.10. The van der Waals surface area contributed by atoms with Crippen molar-refractivity contribution in [1.82, 2.24) is 10.2 Å². The molecule has 0 aliphatic carbocycles. The highest BCUT2D eigenvalue weighted by molar-refractivity contribution is 5.92. The second-order valence-corrected chi connectivity index (χ2v) is 8.79. The fourth-order valence-electron chi connectivity index (χ4n) is 3.27. The Bertz CT molecular complexity index is 537. The summed E-state index contributed by atoms with van der Waals surface area (Å²) < 4.78 is 11.4. The molecule has 2 atom stereocenters. The largest absolute Gasteiger partial charge is 0.490 e. The van der Waals surface area contributed by atoms with Crippen LogP contribution in [-0.4, -0.2) is 53.2 Å². The molecular weight excluding hydrogens is 320 g/mol. The van der Waals surface area contributed by atoms with Gasteiger partial charge in [-0.1, -0.05) is 0 Å². The summed E-state index contributed by atoms with van der Waals surface area (Å²) in [4.78, 5) is 26.6. The number of amides is 1. The van der Waals surface area contributed by atoms with Crippen LogP contribution in [0.3, 0.4) is 0 Å². The van der Waals surface area contributed by atoms with Crippen molar-refractivity contribution in [2.24, 2.45) is 0 Å². The predicted octanol–water partition coefficient (Wildman–Crippen LogP) is 2.38. The summed E-state index contributed by atoms with van der Waals surface area (Å²) in [6.45, 7) is 13.1. The fourth-order valence-corrected chi connectivity index (χ4v) is 3.27. The van der Waals surface area contributed by atoms with Crippen LogP contribution < -0.4 is 5.32 Å². The Hall–Kier alpha value is -1.56. The normalized spacial score (nSPS) is 24.5. The molecule has 0 aromatic carbocycles. The number of rotatable bonds is 5. The van der Waals surface area contributed by atoms with Crippen molar-refractivity contribution >= 4 is 11.9 Å². The lowest BCUT2D eigenvalue weighted by Gasteiger charge is -2.34. The SMILES string of the molecule is CC(C)(C)OC(=O)CC[C@H]1C(OC(C)(C)C)=CC(=O)N1[C@H]1CCNC1. The summed E-state index contributed by atoms with van der Waals surface area (Å²) in [6.07, 6.45) is 3.28. The molecule has 2 rings (SSSR count). The summed E-state index contributed by atoms with van der Waals surface area (Å²) in [5.74, 6) is 0.390. The van der Waals surface area contributed by atoms with Gasteiger partial charge in [-0.05, 0) is 60.9 Å². The number of esters is 1. The van der Waals surface area contributed by atoms with Crippen LogP contribution in [0.2, 0.25) is 0 Å². The minimum absolute atomic E-state index is 0.0258. The van der Waals surface area contributed by atoms with Crippen LogP contribution in [0.15, 0.2) is 11.8 Å². The van der Waals surface area contributed by atoms with E-state index in [1.165, 1.54) is 0 Å². The van der Waals surface area contributed by atoms with Crippen molar-refractivity contribution in [1.29, 1.82) is 0 Å². The maximum atomic E-state index is 12.6. The topological polar surface area (TPSA) is 67.9 Å². The average molecular weight is 352 g/mol. The van der Waals surface area contributed by atoms with Gasteiger partial charge in [-0.3, -0.25) is 9.59 Å². The summed E-state index contributed by atoms with van der Waals surface area (Å²) >= 11 is 0. The number of nitrogens with one attached hydrogen (secondary N) is 1. The third kappa shape index (κ3) is 5.73. The van der Waals surface area contributed by atoms with Gasteiger partial charge in [-0.15, -0.1) is 0 Å². The highest BCUT2D eigenvalue weighted by Crippen LogP contribution is 2.31. The average Bonchev–Trinajstić information content (AvgIpc) is 3.00. The molecule has 1 N–H and O–H groups in total. The molecule has 1 saturated heterocycles. The van der Waals surface area contributed by atoms with Crippen LogP contribution in [0.25, 0.3) is 0 Å². The van der Waals surface area contributed by atoms with Crippen LogP contribution in [0.1, 0.15) is 60.8 Å². The summed E-state index contributed by atoms with van der Waals surface area (Å²) in [5.41, 5.74) is -0.890. The van der Waals surface area contributed by atoms with E-state index in [9.17, 15) is 9.59 Å². The number of hydrogen-bond donors (Lipinski definition) is 1.